The average Bonchev–Trinajstić information content (AvgIpc) is 2.45. The van der Waals surface area contributed by atoms with Gasteiger partial charge in [0.15, 0.2) is 0 Å². The molecule has 1 unspecified atom stereocenters. The van der Waals surface area contributed by atoms with Crippen molar-refractivity contribution in [3.63, 3.8) is 0 Å². The van der Waals surface area contributed by atoms with Crippen LogP contribution in [-0.4, -0.2) is 30.2 Å². The van der Waals surface area contributed by atoms with Crippen molar-refractivity contribution in [2.24, 2.45) is 11.8 Å². The Labute approximate surface area is 128 Å². The molecule has 0 aliphatic rings. The summed E-state index contributed by atoms with van der Waals surface area (Å²) in [6.07, 6.45) is 5.97. The van der Waals surface area contributed by atoms with Crippen LogP contribution in [0.4, 0.5) is 4.79 Å². The molecule has 5 nitrogen and oxygen atoms in total. The monoisotopic (exact) mass is 300 g/mol. The summed E-state index contributed by atoms with van der Waals surface area (Å²) >= 11 is 0. The Morgan fingerprint density at radius 2 is 1.62 bits per heavy atom. The summed E-state index contributed by atoms with van der Waals surface area (Å²) in [7, 11) is 0. The average molecular weight is 300 g/mol. The Bertz CT molecular complexity index is 291. The van der Waals surface area contributed by atoms with Gasteiger partial charge in [0.05, 0.1) is 0 Å². The van der Waals surface area contributed by atoms with E-state index in [1.54, 1.807) is 0 Å². The summed E-state index contributed by atoms with van der Waals surface area (Å²) in [5.74, 6) is 0.177. The first-order valence-corrected chi connectivity index (χ1v) is 8.26. The van der Waals surface area contributed by atoms with E-state index in [1.807, 2.05) is 0 Å². The Kier molecular flexibility index (Phi) is 11.7. The first-order valence-electron chi connectivity index (χ1n) is 8.26. The van der Waals surface area contributed by atoms with Crippen molar-refractivity contribution in [1.29, 1.82) is 0 Å². The van der Waals surface area contributed by atoms with Gasteiger partial charge in [-0.3, -0.25) is 4.79 Å². The number of rotatable bonds is 12. The molecule has 124 valence electrons. The van der Waals surface area contributed by atoms with E-state index in [0.717, 1.165) is 38.6 Å². The van der Waals surface area contributed by atoms with Crippen LogP contribution >= 0.6 is 0 Å². The second kappa shape index (κ2) is 12.5. The molecule has 0 spiro atoms. The molecule has 0 aromatic heterocycles. The van der Waals surface area contributed by atoms with Crippen molar-refractivity contribution >= 4 is 12.0 Å². The molecule has 0 radical (unpaired) electrons. The van der Waals surface area contributed by atoms with Crippen molar-refractivity contribution in [3.05, 3.63) is 0 Å². The van der Waals surface area contributed by atoms with Crippen LogP contribution in [-0.2, 0) is 4.79 Å². The fraction of sp³-hybridized carbons (Fsp3) is 0.875. The minimum absolute atomic E-state index is 0.115. The number of nitrogens with one attached hydrogen (secondary N) is 2. The minimum atomic E-state index is -0.744. The number of carbonyl (C=O) groups excluding carboxylic acids is 1. The molecule has 1 atom stereocenters. The number of aliphatic carboxylic acids is 1. The topological polar surface area (TPSA) is 78.4 Å². The maximum atomic E-state index is 11.7. The fourth-order valence-electron chi connectivity index (χ4n) is 2.44. The standard InChI is InChI=1S/C16H32N2O3/c1-4-7-14(8-9-15(19)20)10-11-17-16(21)18-12-13(5-2)6-3/h13-14H,4-12H2,1-3H3,(H,19,20)(H2,17,18,21). The van der Waals surface area contributed by atoms with Gasteiger partial charge in [-0.05, 0) is 24.7 Å². The summed E-state index contributed by atoms with van der Waals surface area (Å²) in [5, 5.41) is 14.5. The Hall–Kier alpha value is -1.26. The molecule has 0 aromatic rings. The van der Waals surface area contributed by atoms with Gasteiger partial charge in [-0.15, -0.1) is 0 Å². The van der Waals surface area contributed by atoms with Crippen LogP contribution in [0.3, 0.4) is 0 Å². The van der Waals surface area contributed by atoms with E-state index < -0.39 is 5.97 Å². The smallest absolute Gasteiger partial charge is 0.314 e. The van der Waals surface area contributed by atoms with Crippen LogP contribution < -0.4 is 10.6 Å². The van der Waals surface area contributed by atoms with E-state index in [2.05, 4.69) is 31.4 Å². The lowest BCUT2D eigenvalue weighted by atomic mass is 9.94. The quantitative estimate of drug-likeness (QED) is 0.517. The fourth-order valence-corrected chi connectivity index (χ4v) is 2.44. The van der Waals surface area contributed by atoms with Crippen molar-refractivity contribution in [1.82, 2.24) is 10.6 Å². The van der Waals surface area contributed by atoms with Gasteiger partial charge in [-0.1, -0.05) is 46.5 Å². The zero-order chi connectivity index (χ0) is 16.1. The van der Waals surface area contributed by atoms with Gasteiger partial charge in [0.25, 0.3) is 0 Å². The first-order chi connectivity index (χ1) is 10.0. The van der Waals surface area contributed by atoms with Crippen molar-refractivity contribution in [3.8, 4) is 0 Å². The molecule has 2 amide bonds. The SMILES string of the molecule is CCCC(CCNC(=O)NCC(CC)CC)CCC(=O)O. The van der Waals surface area contributed by atoms with Gasteiger partial charge in [-0.2, -0.15) is 0 Å². The van der Waals surface area contributed by atoms with Crippen LogP contribution in [0, 0.1) is 11.8 Å². The molecule has 21 heavy (non-hydrogen) atoms. The van der Waals surface area contributed by atoms with Crippen LogP contribution in [0.5, 0.6) is 0 Å². The lowest BCUT2D eigenvalue weighted by Crippen LogP contribution is -2.39. The Morgan fingerprint density at radius 1 is 0.952 bits per heavy atom. The third-order valence-electron chi connectivity index (χ3n) is 4.01. The van der Waals surface area contributed by atoms with Gasteiger partial charge in [0.1, 0.15) is 0 Å². The minimum Gasteiger partial charge on any atom is -0.481 e. The highest BCUT2D eigenvalue weighted by Crippen LogP contribution is 2.17. The van der Waals surface area contributed by atoms with Crippen molar-refractivity contribution < 1.29 is 14.7 Å². The third-order valence-corrected chi connectivity index (χ3v) is 4.01. The predicted octanol–water partition coefficient (Wildman–Crippen LogP) is 3.39. The summed E-state index contributed by atoms with van der Waals surface area (Å²) in [6.45, 7) is 7.69. The first kappa shape index (κ1) is 19.7. The molecular formula is C16H32N2O3. The van der Waals surface area contributed by atoms with Gasteiger partial charge in [0, 0.05) is 19.5 Å². The second-order valence-electron chi connectivity index (χ2n) is 5.70. The van der Waals surface area contributed by atoms with E-state index >= 15 is 0 Å². The molecule has 0 bridgehead atoms. The predicted molar refractivity (Wildman–Crippen MR) is 85.4 cm³/mol. The largest absolute Gasteiger partial charge is 0.481 e. The Morgan fingerprint density at radius 3 is 2.14 bits per heavy atom. The summed E-state index contributed by atoms with van der Waals surface area (Å²) < 4.78 is 0. The maximum Gasteiger partial charge on any atom is 0.314 e. The van der Waals surface area contributed by atoms with E-state index in [1.165, 1.54) is 0 Å². The summed E-state index contributed by atoms with van der Waals surface area (Å²) in [5.41, 5.74) is 0. The Balaban J connectivity index is 3.85. The molecule has 0 saturated heterocycles. The lowest BCUT2D eigenvalue weighted by Gasteiger charge is -2.17. The third kappa shape index (κ3) is 11.1. The molecule has 0 fully saturated rings. The molecule has 3 N–H and O–H groups in total. The highest BCUT2D eigenvalue weighted by molar-refractivity contribution is 5.73. The molecule has 0 aromatic carbocycles. The molecule has 0 rings (SSSR count). The van der Waals surface area contributed by atoms with E-state index in [0.29, 0.717) is 24.8 Å². The normalized spacial score (nSPS) is 12.2. The maximum absolute atomic E-state index is 11.7. The molecule has 0 aliphatic carbocycles. The number of carbonyl (C=O) groups is 2. The summed E-state index contributed by atoms with van der Waals surface area (Å²) in [6, 6.07) is -0.115. The van der Waals surface area contributed by atoms with E-state index in [9.17, 15) is 9.59 Å². The van der Waals surface area contributed by atoms with Gasteiger partial charge in [0.2, 0.25) is 0 Å². The second-order valence-corrected chi connectivity index (χ2v) is 5.70. The van der Waals surface area contributed by atoms with E-state index in [4.69, 9.17) is 5.11 Å². The summed E-state index contributed by atoms with van der Waals surface area (Å²) in [4.78, 5) is 22.3. The number of urea groups is 1. The number of hydrogen-bond donors (Lipinski definition) is 3. The molecule has 0 heterocycles. The van der Waals surface area contributed by atoms with Crippen LogP contribution in [0.2, 0.25) is 0 Å². The molecule has 0 aliphatic heterocycles. The highest BCUT2D eigenvalue weighted by Gasteiger charge is 2.11. The molecule has 0 saturated carbocycles. The van der Waals surface area contributed by atoms with Gasteiger partial charge >= 0.3 is 12.0 Å². The van der Waals surface area contributed by atoms with Gasteiger partial charge in [-0.25, -0.2) is 4.79 Å². The van der Waals surface area contributed by atoms with E-state index in [-0.39, 0.29) is 12.5 Å². The number of hydrogen-bond acceptors (Lipinski definition) is 2. The van der Waals surface area contributed by atoms with Crippen LogP contribution in [0.15, 0.2) is 0 Å². The molecule has 5 heteroatoms. The number of carboxylic acid groups (broad SMARTS) is 1. The lowest BCUT2D eigenvalue weighted by molar-refractivity contribution is -0.137. The number of carboxylic acids is 1. The zero-order valence-corrected chi connectivity index (χ0v) is 13.8. The van der Waals surface area contributed by atoms with Crippen LogP contribution in [0.25, 0.3) is 0 Å². The zero-order valence-electron chi connectivity index (χ0n) is 13.8. The van der Waals surface area contributed by atoms with Gasteiger partial charge < -0.3 is 15.7 Å². The number of amides is 2. The van der Waals surface area contributed by atoms with Crippen LogP contribution in [0.1, 0.15) is 65.7 Å². The molecular weight excluding hydrogens is 268 g/mol. The highest BCUT2D eigenvalue weighted by atomic mass is 16.4. The van der Waals surface area contributed by atoms with Crippen molar-refractivity contribution in [2.45, 2.75) is 65.7 Å². The van der Waals surface area contributed by atoms with Crippen molar-refractivity contribution in [2.75, 3.05) is 13.1 Å².